The van der Waals surface area contributed by atoms with Gasteiger partial charge in [0, 0.05) is 0 Å². The van der Waals surface area contributed by atoms with Gasteiger partial charge in [0.25, 0.3) is 0 Å². The molecule has 0 radical (unpaired) electrons. The fraction of sp³-hybridized carbons (Fsp3) is 0.125. The zero-order valence-corrected chi connectivity index (χ0v) is 9.67. The van der Waals surface area contributed by atoms with Crippen molar-refractivity contribution in [2.75, 3.05) is 7.11 Å². The smallest absolute Gasteiger partial charge is 0.495 e. The van der Waals surface area contributed by atoms with Crippen LogP contribution >= 0.6 is 12.9 Å². The molecule has 0 amide bonds. The second kappa shape index (κ2) is 4.70. The first-order valence-corrected chi connectivity index (χ1v) is 8.05. The maximum Gasteiger partial charge on any atom is 0.506 e. The summed E-state index contributed by atoms with van der Waals surface area (Å²) in [5, 5.41) is 8.74. The zero-order chi connectivity index (χ0) is 8.97. The average Bonchev–Trinajstić information content (AvgIpc) is 2.16. The molecule has 0 unspecified atom stereocenters. The van der Waals surface area contributed by atoms with E-state index < -0.39 is 0 Å². The molecule has 0 aliphatic rings. The number of methoxy groups -OCH3 is 1. The van der Waals surface area contributed by atoms with Crippen molar-refractivity contribution >= 4 is 34.8 Å². The number of nitriles is 1. The summed E-state index contributed by atoms with van der Waals surface area (Å²) in [5.74, 6) is 0.649. The molecule has 0 aromatic heterocycles. The molecule has 0 atom stereocenters. The monoisotopic (exact) mass is 235 g/mol. The number of halogens is 1. The van der Waals surface area contributed by atoms with Gasteiger partial charge in [0.15, 0.2) is 0 Å². The fourth-order valence-corrected chi connectivity index (χ4v) is 2.46. The molecule has 0 fully saturated rings. The Bertz CT molecular complexity index is 321. The molecule has 1 aromatic carbocycles. The van der Waals surface area contributed by atoms with Crippen molar-refractivity contribution < 1.29 is 4.74 Å². The van der Waals surface area contributed by atoms with Gasteiger partial charge in [-0.05, 0) is 6.07 Å². The molecule has 0 heterocycles. The molecule has 0 saturated carbocycles. The van der Waals surface area contributed by atoms with Crippen LogP contribution in [0.15, 0.2) is 18.2 Å². The molecule has 12 heavy (non-hydrogen) atoms. The summed E-state index contributed by atoms with van der Waals surface area (Å²) in [6.07, 6.45) is 0. The van der Waals surface area contributed by atoms with E-state index in [1.165, 1.54) is 3.69 Å². The van der Waals surface area contributed by atoms with Crippen LogP contribution in [0.4, 0.5) is 0 Å². The van der Waals surface area contributed by atoms with Crippen LogP contribution in [0.3, 0.4) is 0 Å². The minimum absolute atomic E-state index is 0.357. The first-order valence-electron chi connectivity index (χ1n) is 3.44. The quantitative estimate of drug-likeness (QED) is 0.723. The molecule has 1 rings (SSSR count). The van der Waals surface area contributed by atoms with Crippen LogP contribution in [0.1, 0.15) is 5.56 Å². The van der Waals surface area contributed by atoms with Gasteiger partial charge in [-0.3, -0.25) is 12.9 Å². The topological polar surface area (TPSA) is 33.0 Å². The third-order valence-electron chi connectivity index (χ3n) is 1.54. The molecule has 58 valence electrons. The van der Waals surface area contributed by atoms with E-state index in [4.69, 9.17) is 10.00 Å². The second-order valence-electron chi connectivity index (χ2n) is 2.28. The first-order chi connectivity index (χ1) is 5.81. The van der Waals surface area contributed by atoms with Gasteiger partial charge in [-0.25, -0.2) is 0 Å². The standard InChI is InChI=1S/C8H6NO.BrH.Mg/c1-10-8-5-3-2-4-7(8)6-9;;/h3-5H,1H3;1H;/q;;+1/p-1. The molecule has 4 heteroatoms. The Balaban J connectivity index is 3.13. The molecular weight excluding hydrogens is 230 g/mol. The molecule has 0 aliphatic heterocycles. The maximum atomic E-state index is 8.74. The summed E-state index contributed by atoms with van der Waals surface area (Å²) >= 11 is 3.10. The van der Waals surface area contributed by atoms with E-state index in [1.54, 1.807) is 7.11 Å². The third-order valence-corrected chi connectivity index (χ3v) is 4.23. The normalized spacial score (nSPS) is 8.42. The predicted molar refractivity (Wildman–Crippen MR) is 52.0 cm³/mol. The molecule has 0 N–H and O–H groups in total. The number of benzene rings is 1. The van der Waals surface area contributed by atoms with Gasteiger partial charge in [-0.1, -0.05) is 12.1 Å². The lowest BCUT2D eigenvalue weighted by molar-refractivity contribution is 0.413. The Kier molecular flexibility index (Phi) is 3.86. The Hall–Kier alpha value is -0.244. The molecule has 0 spiro atoms. The van der Waals surface area contributed by atoms with Crippen LogP contribution in [0.2, 0.25) is 0 Å². The lowest BCUT2D eigenvalue weighted by Gasteiger charge is -2.03. The molecule has 0 saturated heterocycles. The molecule has 2 nitrogen and oxygen atoms in total. The van der Waals surface area contributed by atoms with Crippen LogP contribution in [-0.4, -0.2) is 25.3 Å². The fourth-order valence-electron chi connectivity index (χ4n) is 0.926. The predicted octanol–water partition coefficient (Wildman–Crippen LogP) is 1.21. The summed E-state index contributed by atoms with van der Waals surface area (Å²) in [7, 11) is 1.57. The summed E-state index contributed by atoms with van der Waals surface area (Å²) in [4.78, 5) is 0. The van der Waals surface area contributed by atoms with Crippen molar-refractivity contribution in [1.82, 2.24) is 0 Å². The van der Waals surface area contributed by atoms with Gasteiger partial charge in [0.2, 0.25) is 0 Å². The highest BCUT2D eigenvalue weighted by Crippen LogP contribution is 2.14. The Labute approximate surface area is 87.1 Å². The van der Waals surface area contributed by atoms with E-state index in [1.807, 2.05) is 18.2 Å². The highest BCUT2D eigenvalue weighted by molar-refractivity contribution is 9.23. The number of nitrogens with zero attached hydrogens (tertiary/aromatic N) is 1. The SMILES string of the molecule is COc1cc[c]([Mg][Br])cc1C#N. The van der Waals surface area contributed by atoms with Gasteiger partial charge in [0.05, 0.1) is 12.7 Å². The van der Waals surface area contributed by atoms with Crippen molar-refractivity contribution in [2.45, 2.75) is 0 Å². The first kappa shape index (κ1) is 9.84. The van der Waals surface area contributed by atoms with Gasteiger partial charge >= 0.3 is 18.2 Å². The van der Waals surface area contributed by atoms with E-state index in [-0.39, 0.29) is 18.2 Å². The van der Waals surface area contributed by atoms with Gasteiger partial charge in [-0.15, -0.1) is 0 Å². The number of rotatable bonds is 2. The van der Waals surface area contributed by atoms with Crippen molar-refractivity contribution in [2.24, 2.45) is 0 Å². The highest BCUT2D eigenvalue weighted by atomic mass is 79.9. The van der Waals surface area contributed by atoms with Gasteiger partial charge in [0.1, 0.15) is 11.8 Å². The highest BCUT2D eigenvalue weighted by Gasteiger charge is 2.03. The lowest BCUT2D eigenvalue weighted by atomic mass is 10.2. The minimum atomic E-state index is -0.357. The Morgan fingerprint density at radius 2 is 2.33 bits per heavy atom. The van der Waals surface area contributed by atoms with Crippen LogP contribution < -0.4 is 8.43 Å². The lowest BCUT2D eigenvalue weighted by Crippen LogP contribution is -2.08. The third kappa shape index (κ3) is 2.13. The number of hydrogen-bond donors (Lipinski definition) is 0. The summed E-state index contributed by atoms with van der Waals surface area (Å²) in [6.45, 7) is 0. The summed E-state index contributed by atoms with van der Waals surface area (Å²) < 4.78 is 6.23. The van der Waals surface area contributed by atoms with Gasteiger partial charge < -0.3 is 4.74 Å². The van der Waals surface area contributed by atoms with Crippen molar-refractivity contribution in [1.29, 1.82) is 5.26 Å². The maximum absolute atomic E-state index is 8.74. The van der Waals surface area contributed by atoms with E-state index >= 15 is 0 Å². The van der Waals surface area contributed by atoms with Crippen LogP contribution in [0.25, 0.3) is 0 Å². The van der Waals surface area contributed by atoms with Crippen molar-refractivity contribution in [3.63, 3.8) is 0 Å². The van der Waals surface area contributed by atoms with Gasteiger partial charge in [-0.2, -0.15) is 8.95 Å². The van der Waals surface area contributed by atoms with E-state index in [2.05, 4.69) is 19.0 Å². The van der Waals surface area contributed by atoms with Crippen LogP contribution in [-0.2, 0) is 0 Å². The Morgan fingerprint density at radius 1 is 1.58 bits per heavy atom. The second-order valence-corrected chi connectivity index (χ2v) is 5.05. The average molecular weight is 236 g/mol. The van der Waals surface area contributed by atoms with Crippen molar-refractivity contribution in [3.05, 3.63) is 23.8 Å². The molecule has 0 aliphatic carbocycles. The number of hydrogen-bond acceptors (Lipinski definition) is 2. The van der Waals surface area contributed by atoms with Crippen molar-refractivity contribution in [3.8, 4) is 11.8 Å². The van der Waals surface area contributed by atoms with Crippen LogP contribution in [0, 0.1) is 11.3 Å². The minimum Gasteiger partial charge on any atom is -0.495 e. The Morgan fingerprint density at radius 3 is 2.83 bits per heavy atom. The number of ether oxygens (including phenoxy) is 1. The van der Waals surface area contributed by atoms with Crippen LogP contribution in [0.5, 0.6) is 5.75 Å². The zero-order valence-electron chi connectivity index (χ0n) is 6.67. The van der Waals surface area contributed by atoms with E-state index in [0.29, 0.717) is 11.3 Å². The summed E-state index contributed by atoms with van der Waals surface area (Å²) in [5.41, 5.74) is 0.613. The largest absolute Gasteiger partial charge is 0.506 e. The summed E-state index contributed by atoms with van der Waals surface area (Å²) in [6, 6.07) is 7.79. The molecule has 1 aromatic rings. The molecule has 0 bridgehead atoms. The van der Waals surface area contributed by atoms with E-state index in [9.17, 15) is 0 Å². The van der Waals surface area contributed by atoms with E-state index in [0.717, 1.165) is 0 Å². The molecular formula is C8H6BrMgNO.